The van der Waals surface area contributed by atoms with Crippen LogP contribution >= 0.6 is 15.9 Å². The summed E-state index contributed by atoms with van der Waals surface area (Å²) >= 11 is 3.36. The van der Waals surface area contributed by atoms with Gasteiger partial charge in [-0.25, -0.2) is 5.43 Å². The average Bonchev–Trinajstić information content (AvgIpc) is 2.71. The Balaban J connectivity index is 1.54. The molecule has 0 saturated heterocycles. The molecule has 3 aromatic carbocycles. The van der Waals surface area contributed by atoms with Crippen molar-refractivity contribution in [2.45, 2.75) is 13.0 Å². The fourth-order valence-corrected chi connectivity index (χ4v) is 2.58. The highest BCUT2D eigenvalue weighted by atomic mass is 79.9. The first-order valence-corrected chi connectivity index (χ1v) is 9.47. The van der Waals surface area contributed by atoms with E-state index in [1.807, 2.05) is 66.7 Å². The zero-order chi connectivity index (χ0) is 19.8. The topological polar surface area (TPSA) is 59.9 Å². The lowest BCUT2D eigenvalue weighted by Gasteiger charge is -2.12. The van der Waals surface area contributed by atoms with Gasteiger partial charge in [-0.05, 0) is 61.0 Å². The van der Waals surface area contributed by atoms with E-state index in [4.69, 9.17) is 9.47 Å². The molecule has 5 nitrogen and oxygen atoms in total. The van der Waals surface area contributed by atoms with Crippen LogP contribution < -0.4 is 14.9 Å². The van der Waals surface area contributed by atoms with Crippen molar-refractivity contribution < 1.29 is 14.3 Å². The zero-order valence-corrected chi connectivity index (χ0v) is 16.8. The summed E-state index contributed by atoms with van der Waals surface area (Å²) in [7, 11) is 0. The van der Waals surface area contributed by atoms with E-state index in [9.17, 15) is 4.79 Å². The van der Waals surface area contributed by atoms with Crippen LogP contribution in [-0.4, -0.2) is 18.2 Å². The van der Waals surface area contributed by atoms with E-state index in [1.165, 1.54) is 0 Å². The predicted molar refractivity (Wildman–Crippen MR) is 113 cm³/mol. The van der Waals surface area contributed by atoms with Gasteiger partial charge in [0.05, 0.1) is 6.21 Å². The maximum atomic E-state index is 12.1. The highest BCUT2D eigenvalue weighted by molar-refractivity contribution is 9.10. The van der Waals surface area contributed by atoms with E-state index in [0.29, 0.717) is 11.5 Å². The quantitative estimate of drug-likeness (QED) is 0.409. The van der Waals surface area contributed by atoms with Crippen molar-refractivity contribution in [2.75, 3.05) is 0 Å². The molecule has 0 heterocycles. The smallest absolute Gasteiger partial charge is 0.280 e. The third-order valence-corrected chi connectivity index (χ3v) is 4.25. The molecule has 0 bridgehead atoms. The van der Waals surface area contributed by atoms with Crippen molar-refractivity contribution >= 4 is 28.1 Å². The predicted octanol–water partition coefficient (Wildman–Crippen LogP) is 5.16. The zero-order valence-electron chi connectivity index (χ0n) is 15.2. The van der Waals surface area contributed by atoms with E-state index in [2.05, 4.69) is 26.5 Å². The van der Waals surface area contributed by atoms with Crippen LogP contribution in [0.25, 0.3) is 0 Å². The van der Waals surface area contributed by atoms with Crippen LogP contribution in [0, 0.1) is 0 Å². The molecule has 0 fully saturated rings. The molecule has 0 saturated carbocycles. The molecule has 0 aliphatic heterocycles. The molecule has 3 rings (SSSR count). The Morgan fingerprint density at radius 2 is 1.68 bits per heavy atom. The summed E-state index contributed by atoms with van der Waals surface area (Å²) in [5.41, 5.74) is 3.29. The maximum absolute atomic E-state index is 12.1. The number of hydrogen-bond acceptors (Lipinski definition) is 4. The second-order valence-electron chi connectivity index (χ2n) is 5.94. The van der Waals surface area contributed by atoms with Gasteiger partial charge in [0.25, 0.3) is 5.91 Å². The Kier molecular flexibility index (Phi) is 6.81. The molecule has 0 spiro atoms. The van der Waals surface area contributed by atoms with Crippen molar-refractivity contribution in [3.63, 3.8) is 0 Å². The Bertz CT molecular complexity index is 944. The molecular formula is C22H19BrN2O3. The van der Waals surface area contributed by atoms with Crippen molar-refractivity contribution in [3.05, 3.63) is 88.9 Å². The molecule has 28 heavy (non-hydrogen) atoms. The number of nitrogens with zero attached hydrogens (tertiary/aromatic N) is 1. The van der Waals surface area contributed by atoms with Crippen molar-refractivity contribution in [1.29, 1.82) is 0 Å². The third-order valence-electron chi connectivity index (χ3n) is 3.72. The number of amides is 1. The number of carbonyl (C=O) groups excluding carboxylic acids is 1. The van der Waals surface area contributed by atoms with Gasteiger partial charge in [0.2, 0.25) is 0 Å². The van der Waals surface area contributed by atoms with E-state index < -0.39 is 6.10 Å². The minimum absolute atomic E-state index is 0.337. The van der Waals surface area contributed by atoms with Crippen molar-refractivity contribution in [1.82, 2.24) is 5.43 Å². The van der Waals surface area contributed by atoms with Gasteiger partial charge in [-0.1, -0.05) is 46.3 Å². The van der Waals surface area contributed by atoms with Crippen LogP contribution in [0.3, 0.4) is 0 Å². The average molecular weight is 439 g/mol. The highest BCUT2D eigenvalue weighted by Gasteiger charge is 2.13. The summed E-state index contributed by atoms with van der Waals surface area (Å²) in [6, 6.07) is 24.2. The van der Waals surface area contributed by atoms with Gasteiger partial charge in [0.1, 0.15) is 17.2 Å². The van der Waals surface area contributed by atoms with Crippen molar-refractivity contribution in [3.8, 4) is 17.2 Å². The van der Waals surface area contributed by atoms with E-state index in [0.717, 1.165) is 15.8 Å². The second-order valence-corrected chi connectivity index (χ2v) is 6.85. The maximum Gasteiger partial charge on any atom is 0.280 e. The number of ether oxygens (including phenoxy) is 2. The van der Waals surface area contributed by atoms with Gasteiger partial charge in [0, 0.05) is 4.47 Å². The van der Waals surface area contributed by atoms with Gasteiger partial charge in [0.15, 0.2) is 6.10 Å². The van der Waals surface area contributed by atoms with Crippen LogP contribution in [-0.2, 0) is 4.79 Å². The summed E-state index contributed by atoms with van der Waals surface area (Å²) in [5.74, 6) is 1.72. The number of para-hydroxylation sites is 1. The monoisotopic (exact) mass is 438 g/mol. The lowest BCUT2D eigenvalue weighted by molar-refractivity contribution is -0.127. The van der Waals surface area contributed by atoms with Crippen LogP contribution in [0.2, 0.25) is 0 Å². The number of halogens is 1. The summed E-state index contributed by atoms with van der Waals surface area (Å²) in [6.07, 6.45) is 0.883. The minimum atomic E-state index is -0.675. The van der Waals surface area contributed by atoms with Gasteiger partial charge in [-0.15, -0.1) is 0 Å². The summed E-state index contributed by atoms with van der Waals surface area (Å²) < 4.78 is 12.3. The number of hydrazone groups is 1. The lowest BCUT2D eigenvalue weighted by atomic mass is 10.2. The summed E-state index contributed by atoms with van der Waals surface area (Å²) in [5, 5.41) is 4.00. The SMILES string of the molecule is C[C@@H](Oc1ccc(Br)cc1)C(=O)N/N=C\c1cccc(Oc2ccccc2)c1. The molecule has 0 aliphatic carbocycles. The minimum Gasteiger partial charge on any atom is -0.481 e. The van der Waals surface area contributed by atoms with Crippen LogP contribution in [0.4, 0.5) is 0 Å². The first-order chi connectivity index (χ1) is 13.6. The molecule has 0 aromatic heterocycles. The van der Waals surface area contributed by atoms with E-state index >= 15 is 0 Å². The van der Waals surface area contributed by atoms with Crippen molar-refractivity contribution in [2.24, 2.45) is 5.10 Å². The molecule has 0 radical (unpaired) electrons. The Hall–Kier alpha value is -3.12. The third kappa shape index (κ3) is 5.96. The molecular weight excluding hydrogens is 420 g/mol. The normalized spacial score (nSPS) is 11.8. The Labute approximate surface area is 172 Å². The van der Waals surface area contributed by atoms with Crippen LogP contribution in [0.5, 0.6) is 17.2 Å². The highest BCUT2D eigenvalue weighted by Crippen LogP contribution is 2.21. The van der Waals surface area contributed by atoms with E-state index in [-0.39, 0.29) is 5.91 Å². The summed E-state index contributed by atoms with van der Waals surface area (Å²) in [6.45, 7) is 1.67. The number of hydrogen-bond donors (Lipinski definition) is 1. The van der Waals surface area contributed by atoms with Gasteiger partial charge in [-0.2, -0.15) is 5.10 Å². The number of nitrogens with one attached hydrogen (secondary N) is 1. The first-order valence-electron chi connectivity index (χ1n) is 8.68. The number of carbonyl (C=O) groups is 1. The fourth-order valence-electron chi connectivity index (χ4n) is 2.32. The molecule has 1 atom stereocenters. The Morgan fingerprint density at radius 3 is 2.43 bits per heavy atom. The second kappa shape index (κ2) is 9.71. The summed E-state index contributed by atoms with van der Waals surface area (Å²) in [4.78, 5) is 12.1. The molecule has 6 heteroatoms. The molecule has 3 aromatic rings. The molecule has 142 valence electrons. The molecule has 1 N–H and O–H groups in total. The van der Waals surface area contributed by atoms with Gasteiger partial charge in [-0.3, -0.25) is 4.79 Å². The molecule has 0 aliphatic rings. The van der Waals surface area contributed by atoms with Gasteiger partial charge < -0.3 is 9.47 Å². The van der Waals surface area contributed by atoms with Gasteiger partial charge >= 0.3 is 0 Å². The largest absolute Gasteiger partial charge is 0.481 e. The molecule has 1 amide bonds. The number of benzene rings is 3. The van der Waals surface area contributed by atoms with E-state index in [1.54, 1.807) is 25.3 Å². The Morgan fingerprint density at radius 1 is 0.964 bits per heavy atom. The van der Waals surface area contributed by atoms with Crippen LogP contribution in [0.1, 0.15) is 12.5 Å². The lowest BCUT2D eigenvalue weighted by Crippen LogP contribution is -2.33. The number of rotatable bonds is 7. The first kappa shape index (κ1) is 19.6. The fraction of sp³-hybridized carbons (Fsp3) is 0.0909. The molecule has 0 unspecified atom stereocenters. The van der Waals surface area contributed by atoms with Crippen LogP contribution in [0.15, 0.2) is 88.4 Å². The standard InChI is InChI=1S/C22H19BrN2O3/c1-16(27-20-12-10-18(23)11-13-20)22(26)25-24-15-17-6-5-9-21(14-17)28-19-7-3-2-4-8-19/h2-16H,1H3,(H,25,26)/b24-15-/t16-/m1/s1.